The van der Waals surface area contributed by atoms with Gasteiger partial charge in [0.1, 0.15) is 11.9 Å². The zero-order chi connectivity index (χ0) is 17.1. The van der Waals surface area contributed by atoms with Gasteiger partial charge in [0.05, 0.1) is 29.6 Å². The minimum Gasteiger partial charge on any atom is -0.442 e. The first-order valence-corrected chi connectivity index (χ1v) is 9.39. The summed E-state index contributed by atoms with van der Waals surface area (Å²) in [5.41, 5.74) is 0.903. The molecule has 0 radical (unpaired) electrons. The van der Waals surface area contributed by atoms with Crippen LogP contribution < -0.4 is 9.80 Å². The number of cyclic esters (lactones) is 1. The number of halogens is 1. The van der Waals surface area contributed by atoms with Gasteiger partial charge in [0.25, 0.3) is 0 Å². The Labute approximate surface area is 146 Å². The lowest BCUT2D eigenvalue weighted by Crippen LogP contribution is -2.38. The molecule has 3 rings (SSSR count). The van der Waals surface area contributed by atoms with Crippen molar-refractivity contribution in [2.45, 2.75) is 6.10 Å². The van der Waals surface area contributed by atoms with E-state index < -0.39 is 28.8 Å². The van der Waals surface area contributed by atoms with Crippen LogP contribution >= 0.6 is 12.2 Å². The Hall–Kier alpha value is -1.83. The number of thiocarbonyl (C=S) groups is 1. The van der Waals surface area contributed by atoms with E-state index in [1.54, 1.807) is 12.1 Å². The van der Waals surface area contributed by atoms with Gasteiger partial charge in [0, 0.05) is 35.4 Å². The number of rotatable bonds is 4. The van der Waals surface area contributed by atoms with Gasteiger partial charge in [-0.25, -0.2) is 14.2 Å². The molecule has 2 aliphatic heterocycles. The second-order valence-corrected chi connectivity index (χ2v) is 7.40. The Morgan fingerprint density at radius 3 is 2.83 bits per heavy atom. The highest BCUT2D eigenvalue weighted by Gasteiger charge is 2.32. The van der Waals surface area contributed by atoms with Crippen LogP contribution in [0, 0.1) is 5.82 Å². The number of carbonyl (C=O) groups is 1. The van der Waals surface area contributed by atoms with Crippen molar-refractivity contribution in [3.8, 4) is 0 Å². The number of carbonyl (C=O) groups excluding carboxylic acids is 1. The minimum absolute atomic E-state index is 0.247. The number of hydrogen-bond donors (Lipinski definition) is 0. The SMILES string of the molecule is O=C1OC(CN=C=S)CN1c1ccc(N2CCS(=O)CC2)c(F)c1. The summed E-state index contributed by atoms with van der Waals surface area (Å²) in [5, 5.41) is 2.23. The molecule has 2 saturated heterocycles. The van der Waals surface area contributed by atoms with E-state index in [0.717, 1.165) is 0 Å². The largest absolute Gasteiger partial charge is 0.442 e. The summed E-state index contributed by atoms with van der Waals surface area (Å²) >= 11 is 4.50. The van der Waals surface area contributed by atoms with Gasteiger partial charge >= 0.3 is 6.09 Å². The van der Waals surface area contributed by atoms with Crippen LogP contribution in [0.15, 0.2) is 23.2 Å². The van der Waals surface area contributed by atoms with Gasteiger partial charge in [-0.1, -0.05) is 0 Å². The second kappa shape index (κ2) is 7.38. The molecule has 0 N–H and O–H groups in total. The fraction of sp³-hybridized carbons (Fsp3) is 0.467. The normalized spacial score (nSPS) is 21.5. The lowest BCUT2D eigenvalue weighted by atomic mass is 10.2. The predicted molar refractivity (Wildman–Crippen MR) is 94.0 cm³/mol. The summed E-state index contributed by atoms with van der Waals surface area (Å²) in [6, 6.07) is 4.66. The number of nitrogens with zero attached hydrogens (tertiary/aromatic N) is 3. The molecule has 1 amide bonds. The highest BCUT2D eigenvalue weighted by Crippen LogP contribution is 2.28. The van der Waals surface area contributed by atoms with Crippen LogP contribution in [-0.2, 0) is 15.5 Å². The smallest absolute Gasteiger partial charge is 0.414 e. The summed E-state index contributed by atoms with van der Waals surface area (Å²) in [5.74, 6) is 0.678. The third kappa shape index (κ3) is 3.63. The van der Waals surface area contributed by atoms with Gasteiger partial charge in [-0.3, -0.25) is 9.11 Å². The molecule has 2 heterocycles. The Kier molecular flexibility index (Phi) is 5.23. The highest BCUT2D eigenvalue weighted by molar-refractivity contribution is 7.85. The topological polar surface area (TPSA) is 62.2 Å². The van der Waals surface area contributed by atoms with Crippen molar-refractivity contribution in [2.75, 3.05) is 47.5 Å². The molecule has 1 unspecified atom stereocenters. The van der Waals surface area contributed by atoms with E-state index in [0.29, 0.717) is 42.5 Å². The molecular formula is C15H16FN3O3S2. The highest BCUT2D eigenvalue weighted by atomic mass is 32.2. The molecule has 1 aromatic rings. The standard InChI is InChI=1S/C15H16FN3O3S2/c16-13-7-11(19-9-12(8-17-10-23)22-15(19)20)1-2-14(13)18-3-5-24(21)6-4-18/h1-2,7,12H,3-6,8-9H2. The predicted octanol–water partition coefficient (Wildman–Crippen LogP) is 1.82. The number of ether oxygens (including phenoxy) is 1. The molecule has 9 heteroatoms. The van der Waals surface area contributed by atoms with E-state index >= 15 is 0 Å². The first kappa shape index (κ1) is 17.0. The van der Waals surface area contributed by atoms with Crippen LogP contribution in [0.1, 0.15) is 0 Å². The lowest BCUT2D eigenvalue weighted by molar-refractivity contribution is 0.145. The summed E-state index contributed by atoms with van der Waals surface area (Å²) < 4.78 is 31.1. The zero-order valence-electron chi connectivity index (χ0n) is 12.8. The van der Waals surface area contributed by atoms with E-state index in [9.17, 15) is 13.4 Å². The van der Waals surface area contributed by atoms with Crippen LogP contribution in [0.2, 0.25) is 0 Å². The van der Waals surface area contributed by atoms with Gasteiger partial charge in [-0.2, -0.15) is 0 Å². The number of benzene rings is 1. The molecule has 0 saturated carbocycles. The Morgan fingerprint density at radius 1 is 1.42 bits per heavy atom. The average molecular weight is 369 g/mol. The van der Waals surface area contributed by atoms with E-state index in [1.165, 1.54) is 11.0 Å². The van der Waals surface area contributed by atoms with Crippen molar-refractivity contribution >= 4 is 45.6 Å². The number of hydrogen-bond acceptors (Lipinski definition) is 6. The summed E-state index contributed by atoms with van der Waals surface area (Å²) in [6.07, 6.45) is -0.937. The van der Waals surface area contributed by atoms with E-state index in [4.69, 9.17) is 4.74 Å². The van der Waals surface area contributed by atoms with Crippen molar-refractivity contribution in [2.24, 2.45) is 4.99 Å². The zero-order valence-corrected chi connectivity index (χ0v) is 14.4. The summed E-state index contributed by atoms with van der Waals surface area (Å²) in [6.45, 7) is 1.66. The third-order valence-corrected chi connectivity index (χ3v) is 5.40. The molecule has 0 bridgehead atoms. The Morgan fingerprint density at radius 2 is 2.17 bits per heavy atom. The molecule has 0 spiro atoms. The molecule has 24 heavy (non-hydrogen) atoms. The maximum atomic E-state index is 14.5. The van der Waals surface area contributed by atoms with Crippen LogP contribution in [0.4, 0.5) is 20.6 Å². The van der Waals surface area contributed by atoms with Crippen LogP contribution in [0.5, 0.6) is 0 Å². The van der Waals surface area contributed by atoms with Crippen molar-refractivity contribution in [1.29, 1.82) is 0 Å². The Bertz CT molecular complexity index is 714. The molecule has 2 fully saturated rings. The average Bonchev–Trinajstić information content (AvgIpc) is 2.95. The van der Waals surface area contributed by atoms with Crippen molar-refractivity contribution in [3.63, 3.8) is 0 Å². The number of anilines is 2. The molecule has 0 aliphatic carbocycles. The molecular weight excluding hydrogens is 353 g/mol. The van der Waals surface area contributed by atoms with Crippen molar-refractivity contribution < 1.29 is 18.1 Å². The third-order valence-electron chi connectivity index (χ3n) is 3.99. The maximum Gasteiger partial charge on any atom is 0.414 e. The monoisotopic (exact) mass is 369 g/mol. The van der Waals surface area contributed by atoms with Gasteiger partial charge in [0.15, 0.2) is 0 Å². The number of aliphatic imine (C=N–C) groups is 1. The van der Waals surface area contributed by atoms with Crippen LogP contribution in [0.25, 0.3) is 0 Å². The number of amides is 1. The van der Waals surface area contributed by atoms with Gasteiger partial charge in [-0.05, 0) is 30.4 Å². The van der Waals surface area contributed by atoms with Gasteiger partial charge < -0.3 is 9.64 Å². The fourth-order valence-electron chi connectivity index (χ4n) is 2.77. The second-order valence-electron chi connectivity index (χ2n) is 5.52. The van der Waals surface area contributed by atoms with E-state index in [1.807, 2.05) is 4.90 Å². The van der Waals surface area contributed by atoms with Crippen molar-refractivity contribution in [1.82, 2.24) is 0 Å². The number of isothiocyanates is 1. The molecule has 128 valence electrons. The summed E-state index contributed by atoms with van der Waals surface area (Å²) in [4.78, 5) is 19.0. The van der Waals surface area contributed by atoms with E-state index in [-0.39, 0.29) is 6.54 Å². The molecule has 1 aromatic carbocycles. The fourth-order valence-corrected chi connectivity index (χ4v) is 3.89. The summed E-state index contributed by atoms with van der Waals surface area (Å²) in [7, 11) is -0.814. The van der Waals surface area contributed by atoms with E-state index in [2.05, 4.69) is 22.4 Å². The first-order valence-electron chi connectivity index (χ1n) is 7.49. The van der Waals surface area contributed by atoms with Crippen LogP contribution in [0.3, 0.4) is 0 Å². The lowest BCUT2D eigenvalue weighted by Gasteiger charge is -2.29. The quantitative estimate of drug-likeness (QED) is 0.598. The maximum absolute atomic E-state index is 14.5. The van der Waals surface area contributed by atoms with Gasteiger partial charge in [0.2, 0.25) is 0 Å². The molecule has 6 nitrogen and oxygen atoms in total. The van der Waals surface area contributed by atoms with Crippen molar-refractivity contribution in [3.05, 3.63) is 24.0 Å². The first-order chi connectivity index (χ1) is 11.6. The van der Waals surface area contributed by atoms with Gasteiger partial charge in [-0.15, -0.1) is 0 Å². The van der Waals surface area contributed by atoms with Crippen LogP contribution in [-0.4, -0.2) is 59.3 Å². The molecule has 0 aromatic heterocycles. The molecule has 2 aliphatic rings. The Balaban J connectivity index is 1.74. The minimum atomic E-state index is -0.814. The molecule has 1 atom stereocenters.